The summed E-state index contributed by atoms with van der Waals surface area (Å²) < 4.78 is 0. The summed E-state index contributed by atoms with van der Waals surface area (Å²) in [6.07, 6.45) is 1.13. The molecule has 1 aliphatic heterocycles. The monoisotopic (exact) mass is 185 g/mol. The fourth-order valence-electron chi connectivity index (χ4n) is 2.66. The third-order valence-corrected chi connectivity index (χ3v) is 3.43. The van der Waals surface area contributed by atoms with Crippen molar-refractivity contribution in [2.75, 3.05) is 13.2 Å². The lowest BCUT2D eigenvalue weighted by atomic mass is 9.87. The summed E-state index contributed by atoms with van der Waals surface area (Å²) in [6.45, 7) is 12.6. The van der Waals surface area contributed by atoms with E-state index in [1.165, 1.54) is 0 Å². The summed E-state index contributed by atoms with van der Waals surface area (Å²) in [5, 5.41) is 9.26. The molecule has 1 unspecified atom stereocenters. The number of hydrogen-bond acceptors (Lipinski definition) is 2. The van der Waals surface area contributed by atoms with Crippen LogP contribution in [-0.2, 0) is 0 Å². The van der Waals surface area contributed by atoms with Gasteiger partial charge in [0.2, 0.25) is 0 Å². The van der Waals surface area contributed by atoms with Crippen LogP contribution in [0.3, 0.4) is 0 Å². The Balaban J connectivity index is 2.81. The number of aliphatic hydroxyl groups is 1. The van der Waals surface area contributed by atoms with Gasteiger partial charge in [-0.2, -0.15) is 0 Å². The molecule has 1 aliphatic rings. The Morgan fingerprint density at radius 2 is 1.92 bits per heavy atom. The second kappa shape index (κ2) is 3.25. The molecule has 1 N–H and O–H groups in total. The molecule has 0 saturated carbocycles. The van der Waals surface area contributed by atoms with Gasteiger partial charge in [0, 0.05) is 23.6 Å². The molecule has 0 amide bonds. The molecule has 2 nitrogen and oxygen atoms in total. The van der Waals surface area contributed by atoms with Crippen LogP contribution in [0.25, 0.3) is 0 Å². The molecular formula is C11H23NO. The molecule has 1 heterocycles. The second-order valence-corrected chi connectivity index (χ2v) is 5.64. The van der Waals surface area contributed by atoms with E-state index in [4.69, 9.17) is 0 Å². The largest absolute Gasteiger partial charge is 0.396 e. The summed E-state index contributed by atoms with van der Waals surface area (Å²) >= 11 is 0. The van der Waals surface area contributed by atoms with Crippen LogP contribution in [0.5, 0.6) is 0 Å². The first kappa shape index (κ1) is 11.0. The van der Waals surface area contributed by atoms with E-state index in [2.05, 4.69) is 39.5 Å². The molecule has 1 saturated heterocycles. The first-order valence-electron chi connectivity index (χ1n) is 5.18. The highest BCUT2D eigenvalue weighted by atomic mass is 16.3. The number of likely N-dealkylation sites (tertiary alicyclic amines) is 1. The quantitative estimate of drug-likeness (QED) is 0.674. The molecular weight excluding hydrogens is 162 g/mol. The Hall–Kier alpha value is -0.0800. The highest BCUT2D eigenvalue weighted by Crippen LogP contribution is 2.38. The molecule has 0 radical (unpaired) electrons. The molecule has 2 heteroatoms. The van der Waals surface area contributed by atoms with E-state index in [9.17, 15) is 5.11 Å². The minimum atomic E-state index is 0.146. The van der Waals surface area contributed by atoms with Crippen LogP contribution >= 0.6 is 0 Å². The van der Waals surface area contributed by atoms with Gasteiger partial charge < -0.3 is 5.11 Å². The van der Waals surface area contributed by atoms with E-state index in [1.807, 2.05) is 0 Å². The van der Waals surface area contributed by atoms with Gasteiger partial charge in [0.15, 0.2) is 0 Å². The number of hydrogen-bond donors (Lipinski definition) is 1. The summed E-state index contributed by atoms with van der Waals surface area (Å²) in [6, 6.07) is 0. The van der Waals surface area contributed by atoms with Gasteiger partial charge in [0.1, 0.15) is 0 Å². The van der Waals surface area contributed by atoms with Crippen LogP contribution in [0, 0.1) is 5.92 Å². The van der Waals surface area contributed by atoms with Gasteiger partial charge in [-0.1, -0.05) is 0 Å². The molecule has 0 aromatic rings. The van der Waals surface area contributed by atoms with E-state index in [0.717, 1.165) is 13.0 Å². The zero-order valence-corrected chi connectivity index (χ0v) is 9.59. The highest BCUT2D eigenvalue weighted by molar-refractivity contribution is 4.99. The zero-order chi connectivity index (χ0) is 10.3. The number of rotatable bonds is 1. The fraction of sp³-hybridized carbons (Fsp3) is 1.00. The molecule has 1 rings (SSSR count). The Morgan fingerprint density at radius 1 is 1.38 bits per heavy atom. The van der Waals surface area contributed by atoms with Crippen LogP contribution in [-0.4, -0.2) is 34.2 Å². The molecule has 78 valence electrons. The summed E-state index contributed by atoms with van der Waals surface area (Å²) in [5.41, 5.74) is 0.362. The first-order valence-corrected chi connectivity index (χ1v) is 5.18. The summed E-state index contributed by atoms with van der Waals surface area (Å²) in [5.74, 6) is 0.437. The number of aliphatic hydroxyl groups excluding tert-OH is 1. The van der Waals surface area contributed by atoms with Crippen LogP contribution in [0.15, 0.2) is 0 Å². The topological polar surface area (TPSA) is 23.5 Å². The highest BCUT2D eigenvalue weighted by Gasteiger charge is 2.45. The van der Waals surface area contributed by atoms with Crippen LogP contribution in [0.2, 0.25) is 0 Å². The SMILES string of the molecule is CC(C)(C)N1CCC(CO)C1(C)C. The van der Waals surface area contributed by atoms with Crippen LogP contribution < -0.4 is 0 Å². The molecule has 1 fully saturated rings. The maximum Gasteiger partial charge on any atom is 0.0477 e. The fourth-order valence-corrected chi connectivity index (χ4v) is 2.66. The van der Waals surface area contributed by atoms with Gasteiger partial charge in [0.05, 0.1) is 0 Å². The van der Waals surface area contributed by atoms with Crippen molar-refractivity contribution in [1.82, 2.24) is 4.90 Å². The minimum absolute atomic E-state index is 0.146. The van der Waals surface area contributed by atoms with Crippen molar-refractivity contribution < 1.29 is 5.11 Å². The van der Waals surface area contributed by atoms with Gasteiger partial charge in [-0.15, -0.1) is 0 Å². The molecule has 1 atom stereocenters. The predicted octanol–water partition coefficient (Wildman–Crippen LogP) is 1.88. The smallest absolute Gasteiger partial charge is 0.0477 e. The maximum atomic E-state index is 9.26. The molecule has 0 aromatic heterocycles. The average molecular weight is 185 g/mol. The van der Waals surface area contributed by atoms with Crippen molar-refractivity contribution in [2.24, 2.45) is 5.92 Å². The van der Waals surface area contributed by atoms with E-state index in [1.54, 1.807) is 0 Å². The Labute approximate surface area is 81.9 Å². The molecule has 13 heavy (non-hydrogen) atoms. The third-order valence-electron chi connectivity index (χ3n) is 3.43. The normalized spacial score (nSPS) is 29.5. The van der Waals surface area contributed by atoms with E-state index >= 15 is 0 Å². The molecule has 0 spiro atoms. The molecule has 0 aliphatic carbocycles. The number of nitrogens with zero attached hydrogens (tertiary/aromatic N) is 1. The van der Waals surface area contributed by atoms with Crippen molar-refractivity contribution in [3.05, 3.63) is 0 Å². The summed E-state index contributed by atoms with van der Waals surface area (Å²) in [4.78, 5) is 2.50. The Morgan fingerprint density at radius 3 is 2.15 bits per heavy atom. The lowest BCUT2D eigenvalue weighted by Crippen LogP contribution is -2.52. The second-order valence-electron chi connectivity index (χ2n) is 5.64. The van der Waals surface area contributed by atoms with E-state index < -0.39 is 0 Å². The van der Waals surface area contributed by atoms with Gasteiger partial charge >= 0.3 is 0 Å². The molecule has 0 bridgehead atoms. The van der Waals surface area contributed by atoms with Gasteiger partial charge in [-0.25, -0.2) is 0 Å². The lowest BCUT2D eigenvalue weighted by Gasteiger charge is -2.44. The van der Waals surface area contributed by atoms with Crippen molar-refractivity contribution in [1.29, 1.82) is 0 Å². The zero-order valence-electron chi connectivity index (χ0n) is 9.59. The van der Waals surface area contributed by atoms with Gasteiger partial charge in [-0.05, 0) is 47.6 Å². The average Bonchev–Trinajstić information content (AvgIpc) is 2.22. The maximum absolute atomic E-state index is 9.26. The standard InChI is InChI=1S/C11H23NO/c1-10(2,3)12-7-6-9(8-13)11(12,4)5/h9,13H,6-8H2,1-5H3. The van der Waals surface area contributed by atoms with E-state index in [0.29, 0.717) is 12.5 Å². The van der Waals surface area contributed by atoms with Gasteiger partial charge in [-0.3, -0.25) is 4.90 Å². The van der Waals surface area contributed by atoms with E-state index in [-0.39, 0.29) is 11.1 Å². The first-order chi connectivity index (χ1) is 5.80. The Kier molecular flexibility index (Phi) is 2.75. The summed E-state index contributed by atoms with van der Waals surface area (Å²) in [7, 11) is 0. The predicted molar refractivity (Wildman–Crippen MR) is 55.7 cm³/mol. The third kappa shape index (κ3) is 1.89. The molecule has 0 aromatic carbocycles. The minimum Gasteiger partial charge on any atom is -0.396 e. The van der Waals surface area contributed by atoms with Crippen LogP contribution in [0.4, 0.5) is 0 Å². The lowest BCUT2D eigenvalue weighted by molar-refractivity contribution is 0.0324. The van der Waals surface area contributed by atoms with Crippen molar-refractivity contribution in [2.45, 2.75) is 52.1 Å². The van der Waals surface area contributed by atoms with Crippen molar-refractivity contribution in [3.63, 3.8) is 0 Å². The Bertz CT molecular complexity index is 181. The van der Waals surface area contributed by atoms with Crippen molar-refractivity contribution >= 4 is 0 Å². The van der Waals surface area contributed by atoms with Crippen LogP contribution in [0.1, 0.15) is 41.0 Å². The van der Waals surface area contributed by atoms with Gasteiger partial charge in [0.25, 0.3) is 0 Å². The van der Waals surface area contributed by atoms with Crippen molar-refractivity contribution in [3.8, 4) is 0 Å².